The second kappa shape index (κ2) is 10.9. The van der Waals surface area contributed by atoms with E-state index in [1.54, 1.807) is 6.07 Å². The topological polar surface area (TPSA) is 66.0 Å². The maximum atomic E-state index is 13.2. The number of likely N-dealkylation sites (N-methyl/N-ethyl adjacent to an activating group) is 1. The minimum Gasteiger partial charge on any atom is -0.506 e. The third kappa shape index (κ3) is 4.50. The molecule has 2 fully saturated rings. The summed E-state index contributed by atoms with van der Waals surface area (Å²) in [5.74, 6) is 0.755. The average Bonchev–Trinajstić information content (AvgIpc) is 3.50. The van der Waals surface area contributed by atoms with Crippen molar-refractivity contribution in [1.82, 2.24) is 19.7 Å². The summed E-state index contributed by atoms with van der Waals surface area (Å²) in [5.41, 5.74) is 4.01. The second-order valence-corrected chi connectivity index (χ2v) is 14.7. The first-order valence-corrected chi connectivity index (χ1v) is 17.3. The summed E-state index contributed by atoms with van der Waals surface area (Å²) in [6.45, 7) is 5.46. The number of hydrogen-bond acceptors (Lipinski definition) is 5. The summed E-state index contributed by atoms with van der Waals surface area (Å²) in [6.07, 6.45) is 24.3. The lowest BCUT2D eigenvalue weighted by Crippen LogP contribution is -2.66. The average molecular weight is 583 g/mol. The van der Waals surface area contributed by atoms with Crippen LogP contribution < -0.4 is 0 Å². The fraction of sp³-hybridized carbons (Fsp3) is 0.622. The maximum Gasteiger partial charge on any atom is 0.139 e. The number of aromatic hydroxyl groups is 1. The number of allylic oxidation sites excluding steroid dienone is 3. The minimum atomic E-state index is -0.887. The number of fused-ring (bicyclic) bond motifs is 5. The molecule has 230 valence electrons. The van der Waals surface area contributed by atoms with Gasteiger partial charge in [-0.1, -0.05) is 42.5 Å². The normalized spacial score (nSPS) is 39.4. The number of piperidine rings is 1. The zero-order valence-corrected chi connectivity index (χ0v) is 26.0. The molecule has 2 saturated heterocycles. The number of phenolic OH excluding ortho intramolecular Hbond substituents is 1. The Labute approximate surface area is 257 Å². The van der Waals surface area contributed by atoms with Gasteiger partial charge in [0.05, 0.1) is 23.2 Å². The third-order valence-electron chi connectivity index (χ3n) is 12.2. The van der Waals surface area contributed by atoms with Crippen LogP contribution in [0.15, 0.2) is 54.2 Å². The number of aromatic nitrogens is 1. The minimum absolute atomic E-state index is 0.0147. The Morgan fingerprint density at radius 3 is 2.70 bits per heavy atom. The molecule has 1 aliphatic carbocycles. The van der Waals surface area contributed by atoms with E-state index < -0.39 is 5.60 Å². The van der Waals surface area contributed by atoms with E-state index in [0.717, 1.165) is 75.6 Å². The highest BCUT2D eigenvalue weighted by atomic mass is 16.3. The van der Waals surface area contributed by atoms with Crippen molar-refractivity contribution in [3.05, 3.63) is 65.4 Å². The van der Waals surface area contributed by atoms with Crippen molar-refractivity contribution >= 4 is 10.9 Å². The SMILES string of the molecule is CN1CCc2c([nH]c3c(O)cccc23)C1C1=C[C@@]2(O)CC/C=C\CCCCN3CC[C@@H]1[C@]1(CC4C=CCCCCN4[C@H]12)C3. The number of phenols is 1. The predicted molar refractivity (Wildman–Crippen MR) is 173 cm³/mol. The number of rotatable bonds is 1. The van der Waals surface area contributed by atoms with Crippen molar-refractivity contribution in [2.45, 2.75) is 94.4 Å². The van der Waals surface area contributed by atoms with Crippen LogP contribution in [0.5, 0.6) is 5.75 Å². The highest BCUT2D eigenvalue weighted by molar-refractivity contribution is 5.90. The number of benzene rings is 1. The van der Waals surface area contributed by atoms with Gasteiger partial charge in [-0.2, -0.15) is 0 Å². The Bertz CT molecular complexity index is 1460. The van der Waals surface area contributed by atoms with Crippen LogP contribution in [0.1, 0.15) is 81.5 Å². The van der Waals surface area contributed by atoms with Gasteiger partial charge in [0.25, 0.3) is 0 Å². The molecular formula is C37H50N4O2. The Kier molecular flexibility index (Phi) is 7.13. The van der Waals surface area contributed by atoms with E-state index >= 15 is 0 Å². The van der Waals surface area contributed by atoms with Crippen molar-refractivity contribution < 1.29 is 10.2 Å². The van der Waals surface area contributed by atoms with Gasteiger partial charge in [-0.05, 0) is 120 Å². The van der Waals surface area contributed by atoms with Gasteiger partial charge in [0.1, 0.15) is 5.75 Å². The molecule has 6 heteroatoms. The van der Waals surface area contributed by atoms with E-state index in [1.165, 1.54) is 55.5 Å². The molecule has 8 rings (SSSR count). The van der Waals surface area contributed by atoms with Crippen molar-refractivity contribution in [2.75, 3.05) is 39.8 Å². The van der Waals surface area contributed by atoms with Crippen LogP contribution in [0.4, 0.5) is 0 Å². The molecule has 0 saturated carbocycles. The molecule has 3 N–H and O–H groups in total. The Balaban J connectivity index is 1.32. The molecule has 1 aromatic heterocycles. The van der Waals surface area contributed by atoms with Crippen molar-refractivity contribution in [2.24, 2.45) is 11.3 Å². The number of nitrogens with zero attached hydrogens (tertiary/aromatic N) is 3. The van der Waals surface area contributed by atoms with Gasteiger partial charge in [-0.15, -0.1) is 0 Å². The van der Waals surface area contributed by atoms with Crippen LogP contribution in [-0.4, -0.2) is 87.4 Å². The standard InChI is InChI=1S/C37H50N4O2/c1-39-21-16-28-27-14-12-15-31(42)32(27)38-33(28)34(39)29-24-37(43)18-9-5-2-3-6-10-19-40-22-17-30(29)36(25-40)23-26-13-8-4-7-11-20-41(26)35(36)37/h2,5,8,12-15,24,26,30,34-35,38,42-43H,3-4,6-7,9-11,16-23,25H2,1H3/b5-2-,13-8?/t26?,30-,34?,35+,36-,37-/m0/s1. The lowest BCUT2D eigenvalue weighted by atomic mass is 9.54. The lowest BCUT2D eigenvalue weighted by molar-refractivity contribution is -0.0999. The number of nitrogens with one attached hydrogen (secondary N) is 1. The zero-order chi connectivity index (χ0) is 29.2. The van der Waals surface area contributed by atoms with Gasteiger partial charge in [0, 0.05) is 35.6 Å². The molecule has 43 heavy (non-hydrogen) atoms. The second-order valence-electron chi connectivity index (χ2n) is 14.7. The van der Waals surface area contributed by atoms with Crippen LogP contribution in [-0.2, 0) is 6.42 Å². The maximum absolute atomic E-state index is 13.2. The van der Waals surface area contributed by atoms with Crippen molar-refractivity contribution in [3.63, 3.8) is 0 Å². The molecule has 0 radical (unpaired) electrons. The van der Waals surface area contributed by atoms with Crippen molar-refractivity contribution in [1.29, 1.82) is 0 Å². The number of aromatic amines is 1. The van der Waals surface area contributed by atoms with Crippen LogP contribution >= 0.6 is 0 Å². The van der Waals surface area contributed by atoms with E-state index in [4.69, 9.17) is 0 Å². The van der Waals surface area contributed by atoms with Crippen LogP contribution in [0.25, 0.3) is 10.9 Å². The summed E-state index contributed by atoms with van der Waals surface area (Å²) in [6, 6.07) is 6.56. The molecule has 5 aliphatic heterocycles. The summed E-state index contributed by atoms with van der Waals surface area (Å²) in [4.78, 5) is 11.8. The number of aliphatic hydroxyl groups is 1. The van der Waals surface area contributed by atoms with E-state index in [0.29, 0.717) is 17.7 Å². The number of hydrogen-bond donors (Lipinski definition) is 3. The van der Waals surface area contributed by atoms with Gasteiger partial charge in [0.15, 0.2) is 0 Å². The molecule has 3 unspecified atom stereocenters. The highest BCUT2D eigenvalue weighted by Gasteiger charge is 2.66. The summed E-state index contributed by atoms with van der Waals surface area (Å²) < 4.78 is 0. The fourth-order valence-corrected chi connectivity index (χ4v) is 10.5. The molecular weight excluding hydrogens is 532 g/mol. The Morgan fingerprint density at radius 1 is 0.953 bits per heavy atom. The zero-order valence-electron chi connectivity index (χ0n) is 26.0. The molecule has 1 aromatic carbocycles. The molecule has 6 nitrogen and oxygen atoms in total. The summed E-state index contributed by atoms with van der Waals surface area (Å²) in [5, 5.41) is 25.2. The van der Waals surface area contributed by atoms with Gasteiger partial charge in [0.2, 0.25) is 0 Å². The molecule has 1 spiro atoms. The van der Waals surface area contributed by atoms with Gasteiger partial charge in [-0.3, -0.25) is 9.80 Å². The third-order valence-corrected chi connectivity index (χ3v) is 12.2. The van der Waals surface area contributed by atoms with E-state index in [2.05, 4.69) is 63.2 Å². The molecule has 2 aromatic rings. The van der Waals surface area contributed by atoms with E-state index in [1.807, 2.05) is 6.07 Å². The Morgan fingerprint density at radius 2 is 1.79 bits per heavy atom. The van der Waals surface area contributed by atoms with Gasteiger partial charge >= 0.3 is 0 Å². The molecule has 7 atom stereocenters. The first-order valence-electron chi connectivity index (χ1n) is 17.3. The largest absolute Gasteiger partial charge is 0.506 e. The van der Waals surface area contributed by atoms with Gasteiger partial charge < -0.3 is 20.1 Å². The highest BCUT2D eigenvalue weighted by Crippen LogP contribution is 2.62. The summed E-state index contributed by atoms with van der Waals surface area (Å²) >= 11 is 0. The molecule has 3 bridgehead atoms. The molecule has 6 heterocycles. The Hall–Kier alpha value is -2.38. The van der Waals surface area contributed by atoms with E-state index in [-0.39, 0.29) is 17.5 Å². The number of H-pyrrole nitrogens is 1. The van der Waals surface area contributed by atoms with Crippen molar-refractivity contribution in [3.8, 4) is 5.75 Å². The fourth-order valence-electron chi connectivity index (χ4n) is 10.5. The predicted octanol–water partition coefficient (Wildman–Crippen LogP) is 6.09. The smallest absolute Gasteiger partial charge is 0.139 e. The molecule has 0 amide bonds. The van der Waals surface area contributed by atoms with Crippen LogP contribution in [0.3, 0.4) is 0 Å². The summed E-state index contributed by atoms with van der Waals surface area (Å²) in [7, 11) is 2.27. The lowest BCUT2D eigenvalue weighted by Gasteiger charge is -2.59. The quantitative estimate of drug-likeness (QED) is 0.356. The molecule has 6 aliphatic rings. The van der Waals surface area contributed by atoms with Crippen LogP contribution in [0, 0.1) is 11.3 Å². The van der Waals surface area contributed by atoms with Gasteiger partial charge in [-0.25, -0.2) is 0 Å². The first kappa shape index (κ1) is 28.1. The first-order chi connectivity index (χ1) is 21.0. The van der Waals surface area contributed by atoms with Crippen LogP contribution in [0.2, 0.25) is 0 Å². The monoisotopic (exact) mass is 582 g/mol. The van der Waals surface area contributed by atoms with E-state index in [9.17, 15) is 10.2 Å². The number of para-hydroxylation sites is 1.